The van der Waals surface area contributed by atoms with Crippen LogP contribution in [0.3, 0.4) is 0 Å². The number of hydrogen-bond acceptors (Lipinski definition) is 5. The van der Waals surface area contributed by atoms with E-state index >= 15 is 0 Å². The van der Waals surface area contributed by atoms with Crippen molar-refractivity contribution in [1.29, 1.82) is 0 Å². The summed E-state index contributed by atoms with van der Waals surface area (Å²) in [4.78, 5) is 9.69. The van der Waals surface area contributed by atoms with Gasteiger partial charge in [0.2, 0.25) is 10.0 Å². The van der Waals surface area contributed by atoms with E-state index in [0.29, 0.717) is 19.5 Å². The number of nitrogens with zero attached hydrogens (tertiary/aromatic N) is 3. The van der Waals surface area contributed by atoms with Crippen LogP contribution in [0.1, 0.15) is 6.42 Å². The van der Waals surface area contributed by atoms with Crippen LogP contribution in [-0.4, -0.2) is 37.5 Å². The van der Waals surface area contributed by atoms with E-state index in [0.717, 1.165) is 0 Å². The Labute approximate surface area is 128 Å². The average Bonchev–Trinajstić information content (AvgIpc) is 2.96. The molecular formula is C14H15FN4O2S. The SMILES string of the molecule is O=S(=O)(NC1CCN(c2ncccc2F)C1)c1cccnc1. The highest BCUT2D eigenvalue weighted by atomic mass is 32.2. The molecule has 1 aliphatic rings. The molecule has 1 aliphatic heterocycles. The molecule has 8 heteroatoms. The Morgan fingerprint density at radius 3 is 2.82 bits per heavy atom. The van der Waals surface area contributed by atoms with Crippen LogP contribution < -0.4 is 9.62 Å². The van der Waals surface area contributed by atoms with Gasteiger partial charge in [-0.3, -0.25) is 4.98 Å². The normalized spacial score (nSPS) is 18.6. The summed E-state index contributed by atoms with van der Waals surface area (Å²) in [5.41, 5.74) is 0. The number of hydrogen-bond donors (Lipinski definition) is 1. The summed E-state index contributed by atoms with van der Waals surface area (Å²) in [6.07, 6.45) is 4.93. The van der Waals surface area contributed by atoms with Crippen molar-refractivity contribution in [2.24, 2.45) is 0 Å². The number of halogens is 1. The van der Waals surface area contributed by atoms with E-state index in [1.807, 2.05) is 0 Å². The average molecular weight is 322 g/mol. The lowest BCUT2D eigenvalue weighted by molar-refractivity contribution is 0.560. The molecule has 0 saturated carbocycles. The second kappa shape index (κ2) is 5.98. The van der Waals surface area contributed by atoms with Gasteiger partial charge in [-0.2, -0.15) is 0 Å². The van der Waals surface area contributed by atoms with Gasteiger partial charge in [-0.1, -0.05) is 0 Å². The molecule has 1 N–H and O–H groups in total. The van der Waals surface area contributed by atoms with E-state index < -0.39 is 15.8 Å². The molecule has 3 heterocycles. The fourth-order valence-corrected chi connectivity index (χ4v) is 3.68. The second-order valence-electron chi connectivity index (χ2n) is 5.05. The van der Waals surface area contributed by atoms with E-state index in [1.165, 1.54) is 36.8 Å². The maximum absolute atomic E-state index is 13.7. The molecule has 2 aromatic heterocycles. The van der Waals surface area contributed by atoms with Gasteiger partial charge < -0.3 is 4.90 Å². The standard InChI is InChI=1S/C14H15FN4O2S/c15-13-4-2-7-17-14(13)19-8-5-11(10-19)18-22(20,21)12-3-1-6-16-9-12/h1-4,6-7,9,11,18H,5,8,10H2. The van der Waals surface area contributed by atoms with Crippen molar-refractivity contribution in [3.8, 4) is 0 Å². The van der Waals surface area contributed by atoms with Crippen LogP contribution in [0.4, 0.5) is 10.2 Å². The van der Waals surface area contributed by atoms with Crippen LogP contribution in [-0.2, 0) is 10.0 Å². The van der Waals surface area contributed by atoms with Gasteiger partial charge in [0.1, 0.15) is 4.90 Å². The van der Waals surface area contributed by atoms with Crippen molar-refractivity contribution < 1.29 is 12.8 Å². The quantitative estimate of drug-likeness (QED) is 0.914. The smallest absolute Gasteiger partial charge is 0.242 e. The minimum absolute atomic E-state index is 0.123. The van der Waals surface area contributed by atoms with E-state index in [1.54, 1.807) is 11.0 Å². The molecule has 116 valence electrons. The summed E-state index contributed by atoms with van der Waals surface area (Å²) < 4.78 is 40.8. The Morgan fingerprint density at radius 1 is 1.27 bits per heavy atom. The lowest BCUT2D eigenvalue weighted by atomic mass is 10.3. The second-order valence-corrected chi connectivity index (χ2v) is 6.76. The summed E-state index contributed by atoms with van der Waals surface area (Å²) in [7, 11) is -3.61. The van der Waals surface area contributed by atoms with Crippen LogP contribution >= 0.6 is 0 Å². The van der Waals surface area contributed by atoms with E-state index in [4.69, 9.17) is 0 Å². The van der Waals surface area contributed by atoms with Crippen molar-refractivity contribution in [2.45, 2.75) is 17.4 Å². The highest BCUT2D eigenvalue weighted by Gasteiger charge is 2.29. The topological polar surface area (TPSA) is 75.2 Å². The molecule has 1 unspecified atom stereocenters. The van der Waals surface area contributed by atoms with Crippen molar-refractivity contribution >= 4 is 15.8 Å². The van der Waals surface area contributed by atoms with Crippen LogP contribution in [0.2, 0.25) is 0 Å². The van der Waals surface area contributed by atoms with Crippen molar-refractivity contribution in [2.75, 3.05) is 18.0 Å². The first-order chi connectivity index (χ1) is 10.6. The first-order valence-electron chi connectivity index (χ1n) is 6.84. The van der Waals surface area contributed by atoms with Crippen LogP contribution in [0.15, 0.2) is 47.8 Å². The zero-order valence-electron chi connectivity index (χ0n) is 11.7. The third-order valence-corrected chi connectivity index (χ3v) is 5.00. The number of pyridine rings is 2. The highest BCUT2D eigenvalue weighted by Crippen LogP contribution is 2.21. The number of sulfonamides is 1. The fraction of sp³-hybridized carbons (Fsp3) is 0.286. The van der Waals surface area contributed by atoms with Gasteiger partial charge in [-0.25, -0.2) is 22.5 Å². The van der Waals surface area contributed by atoms with E-state index in [-0.39, 0.29) is 16.8 Å². The first-order valence-corrected chi connectivity index (χ1v) is 8.32. The third-order valence-electron chi connectivity index (χ3n) is 3.49. The van der Waals surface area contributed by atoms with Gasteiger partial charge in [-0.15, -0.1) is 0 Å². The lowest BCUT2D eigenvalue weighted by Gasteiger charge is -2.18. The summed E-state index contributed by atoms with van der Waals surface area (Å²) in [5.74, 6) is -0.149. The fourth-order valence-electron chi connectivity index (χ4n) is 2.45. The van der Waals surface area contributed by atoms with Crippen LogP contribution in [0, 0.1) is 5.82 Å². The number of aromatic nitrogens is 2. The molecule has 2 aromatic rings. The molecule has 22 heavy (non-hydrogen) atoms. The molecule has 1 atom stereocenters. The summed E-state index contributed by atoms with van der Waals surface area (Å²) in [6.45, 7) is 0.932. The monoisotopic (exact) mass is 322 g/mol. The molecule has 0 aromatic carbocycles. The molecule has 0 aliphatic carbocycles. The summed E-state index contributed by atoms with van der Waals surface area (Å²) in [6, 6.07) is 5.64. The van der Waals surface area contributed by atoms with Gasteiger partial charge in [0.05, 0.1) is 0 Å². The Balaban J connectivity index is 1.70. The maximum Gasteiger partial charge on any atom is 0.242 e. The molecule has 0 amide bonds. The molecule has 0 bridgehead atoms. The maximum atomic E-state index is 13.7. The Morgan fingerprint density at radius 2 is 2.09 bits per heavy atom. The molecule has 6 nitrogen and oxygen atoms in total. The van der Waals surface area contributed by atoms with Crippen LogP contribution in [0.25, 0.3) is 0 Å². The van der Waals surface area contributed by atoms with Crippen molar-refractivity contribution in [3.63, 3.8) is 0 Å². The molecule has 0 radical (unpaired) electrons. The Hall–Kier alpha value is -2.06. The van der Waals surface area contributed by atoms with Gasteiger partial charge in [0, 0.05) is 37.7 Å². The van der Waals surface area contributed by atoms with E-state index in [2.05, 4.69) is 14.7 Å². The van der Waals surface area contributed by atoms with Crippen molar-refractivity contribution in [1.82, 2.24) is 14.7 Å². The van der Waals surface area contributed by atoms with Crippen molar-refractivity contribution in [3.05, 3.63) is 48.7 Å². The summed E-state index contributed by atoms with van der Waals surface area (Å²) >= 11 is 0. The molecular weight excluding hydrogens is 307 g/mol. The minimum Gasteiger partial charge on any atom is -0.353 e. The molecule has 1 fully saturated rings. The molecule has 3 rings (SSSR count). The number of anilines is 1. The highest BCUT2D eigenvalue weighted by molar-refractivity contribution is 7.89. The minimum atomic E-state index is -3.61. The largest absolute Gasteiger partial charge is 0.353 e. The predicted molar refractivity (Wildman–Crippen MR) is 79.4 cm³/mol. The number of nitrogens with one attached hydrogen (secondary N) is 1. The van der Waals surface area contributed by atoms with Gasteiger partial charge in [0.25, 0.3) is 0 Å². The lowest BCUT2D eigenvalue weighted by Crippen LogP contribution is -2.37. The Kier molecular flexibility index (Phi) is 4.04. The van der Waals surface area contributed by atoms with E-state index in [9.17, 15) is 12.8 Å². The zero-order valence-corrected chi connectivity index (χ0v) is 12.5. The van der Waals surface area contributed by atoms with Gasteiger partial charge in [-0.05, 0) is 30.7 Å². The third kappa shape index (κ3) is 3.07. The Bertz CT molecular complexity index is 754. The molecule has 1 saturated heterocycles. The first kappa shape index (κ1) is 14.9. The zero-order chi connectivity index (χ0) is 15.6. The van der Waals surface area contributed by atoms with Gasteiger partial charge >= 0.3 is 0 Å². The molecule has 0 spiro atoms. The summed E-state index contributed by atoms with van der Waals surface area (Å²) in [5, 5.41) is 0. The predicted octanol–water partition coefficient (Wildman–Crippen LogP) is 1.17. The van der Waals surface area contributed by atoms with Crippen LogP contribution in [0.5, 0.6) is 0 Å². The van der Waals surface area contributed by atoms with Gasteiger partial charge in [0.15, 0.2) is 11.6 Å². The number of rotatable bonds is 4.